The molecule has 1 aliphatic rings. The zero-order valence-corrected chi connectivity index (χ0v) is 11.4. The minimum absolute atomic E-state index is 0.420. The molecule has 1 heterocycles. The van der Waals surface area contributed by atoms with E-state index in [1.807, 2.05) is 30.8 Å². The second kappa shape index (κ2) is 5.33. The molecule has 4 nitrogen and oxygen atoms in total. The zero-order chi connectivity index (χ0) is 11.5. The number of nitrogens with two attached hydrogens (primary N) is 1. The van der Waals surface area contributed by atoms with Crippen molar-refractivity contribution in [2.75, 3.05) is 19.0 Å². The summed E-state index contributed by atoms with van der Waals surface area (Å²) in [5.74, 6) is 0. The summed E-state index contributed by atoms with van der Waals surface area (Å²) in [5.41, 5.74) is 5.89. The van der Waals surface area contributed by atoms with Crippen molar-refractivity contribution in [2.24, 2.45) is 5.73 Å². The van der Waals surface area contributed by atoms with Crippen molar-refractivity contribution in [1.29, 1.82) is 0 Å². The van der Waals surface area contributed by atoms with Gasteiger partial charge in [-0.05, 0) is 25.7 Å². The molecule has 0 atom stereocenters. The Kier molecular flexibility index (Phi) is 4.05. The summed E-state index contributed by atoms with van der Waals surface area (Å²) >= 11 is 3.54. The lowest BCUT2D eigenvalue weighted by molar-refractivity contribution is 0.450. The Morgan fingerprint density at radius 3 is 2.50 bits per heavy atom. The first-order valence-corrected chi connectivity index (χ1v) is 7.28. The maximum Gasteiger partial charge on any atom is 0.208 e. The van der Waals surface area contributed by atoms with E-state index in [0.717, 1.165) is 22.3 Å². The van der Waals surface area contributed by atoms with Gasteiger partial charge in [-0.15, -0.1) is 10.2 Å². The third-order valence-electron chi connectivity index (χ3n) is 2.76. The van der Waals surface area contributed by atoms with Gasteiger partial charge in [0.05, 0.1) is 0 Å². The molecule has 6 heteroatoms. The van der Waals surface area contributed by atoms with E-state index in [2.05, 4.69) is 10.2 Å². The second-order valence-electron chi connectivity index (χ2n) is 4.40. The van der Waals surface area contributed by atoms with Crippen molar-refractivity contribution in [3.63, 3.8) is 0 Å². The summed E-state index contributed by atoms with van der Waals surface area (Å²) in [6.45, 7) is 0. The van der Waals surface area contributed by atoms with Crippen LogP contribution >= 0.6 is 23.1 Å². The van der Waals surface area contributed by atoms with E-state index in [0.29, 0.717) is 11.3 Å². The van der Waals surface area contributed by atoms with Crippen molar-refractivity contribution in [3.8, 4) is 0 Å². The number of anilines is 1. The van der Waals surface area contributed by atoms with Gasteiger partial charge in [-0.1, -0.05) is 23.1 Å². The number of rotatable bonds is 3. The normalized spacial score (nSPS) is 25.7. The fourth-order valence-corrected chi connectivity index (χ4v) is 3.99. The molecule has 0 aliphatic heterocycles. The van der Waals surface area contributed by atoms with Crippen LogP contribution < -0.4 is 10.6 Å². The van der Waals surface area contributed by atoms with Gasteiger partial charge in [-0.25, -0.2) is 0 Å². The summed E-state index contributed by atoms with van der Waals surface area (Å²) in [5, 5.41) is 10.0. The number of hydrogen-bond donors (Lipinski definition) is 1. The van der Waals surface area contributed by atoms with Gasteiger partial charge in [0.1, 0.15) is 0 Å². The minimum Gasteiger partial charge on any atom is -0.353 e. The van der Waals surface area contributed by atoms with Gasteiger partial charge in [0.25, 0.3) is 0 Å². The number of hydrogen-bond acceptors (Lipinski definition) is 6. The first kappa shape index (κ1) is 12.1. The molecule has 1 aromatic heterocycles. The van der Waals surface area contributed by atoms with Crippen LogP contribution in [-0.4, -0.2) is 35.6 Å². The maximum atomic E-state index is 5.89. The number of thioether (sulfide) groups is 1. The lowest BCUT2D eigenvalue weighted by atomic mass is 9.96. The van der Waals surface area contributed by atoms with E-state index in [4.69, 9.17) is 5.73 Å². The molecular formula is C10H18N4S2. The molecule has 1 aromatic rings. The van der Waals surface area contributed by atoms with Crippen molar-refractivity contribution < 1.29 is 0 Å². The quantitative estimate of drug-likeness (QED) is 0.898. The van der Waals surface area contributed by atoms with Crippen LogP contribution in [-0.2, 0) is 0 Å². The van der Waals surface area contributed by atoms with E-state index in [1.54, 1.807) is 11.3 Å². The fraction of sp³-hybridized carbons (Fsp3) is 0.800. The Morgan fingerprint density at radius 1 is 1.25 bits per heavy atom. The first-order chi connectivity index (χ1) is 7.65. The molecule has 0 radical (unpaired) electrons. The standard InChI is InChI=1S/C10H18N4S2/c1-14(2)9-12-13-10(16-9)15-8-5-3-7(11)4-6-8/h7-8H,3-6,11H2,1-2H3. The summed E-state index contributed by atoms with van der Waals surface area (Å²) < 4.78 is 1.09. The lowest BCUT2D eigenvalue weighted by Gasteiger charge is -2.24. The summed E-state index contributed by atoms with van der Waals surface area (Å²) in [4.78, 5) is 2.00. The molecule has 2 N–H and O–H groups in total. The van der Waals surface area contributed by atoms with E-state index in [-0.39, 0.29) is 0 Å². The van der Waals surface area contributed by atoms with Gasteiger partial charge in [0.15, 0.2) is 4.34 Å². The van der Waals surface area contributed by atoms with E-state index < -0.39 is 0 Å². The van der Waals surface area contributed by atoms with Crippen LogP contribution in [0.1, 0.15) is 25.7 Å². The highest BCUT2D eigenvalue weighted by Crippen LogP contribution is 2.36. The van der Waals surface area contributed by atoms with Crippen LogP contribution in [0.3, 0.4) is 0 Å². The van der Waals surface area contributed by atoms with Crippen LogP contribution in [0.5, 0.6) is 0 Å². The summed E-state index contributed by atoms with van der Waals surface area (Å²) in [6.07, 6.45) is 4.72. The van der Waals surface area contributed by atoms with Crippen LogP contribution in [0.25, 0.3) is 0 Å². The Morgan fingerprint density at radius 2 is 1.94 bits per heavy atom. The zero-order valence-electron chi connectivity index (χ0n) is 9.72. The largest absolute Gasteiger partial charge is 0.353 e. The Labute approximate surface area is 105 Å². The fourth-order valence-electron chi connectivity index (χ4n) is 1.78. The Bertz CT molecular complexity index is 331. The van der Waals surface area contributed by atoms with Gasteiger partial charge in [0.2, 0.25) is 5.13 Å². The smallest absolute Gasteiger partial charge is 0.208 e. The van der Waals surface area contributed by atoms with Gasteiger partial charge in [-0.3, -0.25) is 0 Å². The number of aromatic nitrogens is 2. The van der Waals surface area contributed by atoms with Crippen LogP contribution in [0.15, 0.2) is 4.34 Å². The summed E-state index contributed by atoms with van der Waals surface area (Å²) in [7, 11) is 3.99. The van der Waals surface area contributed by atoms with Crippen molar-refractivity contribution in [3.05, 3.63) is 0 Å². The average molecular weight is 258 g/mol. The minimum atomic E-state index is 0.420. The van der Waals surface area contributed by atoms with E-state index >= 15 is 0 Å². The second-order valence-corrected chi connectivity index (χ2v) is 6.90. The monoisotopic (exact) mass is 258 g/mol. The Balaban J connectivity index is 1.88. The van der Waals surface area contributed by atoms with Gasteiger partial charge in [0, 0.05) is 25.4 Å². The van der Waals surface area contributed by atoms with Gasteiger partial charge >= 0.3 is 0 Å². The SMILES string of the molecule is CN(C)c1nnc(SC2CCC(N)CC2)s1. The molecule has 0 unspecified atom stereocenters. The van der Waals surface area contributed by atoms with Crippen molar-refractivity contribution >= 4 is 28.2 Å². The molecule has 90 valence electrons. The van der Waals surface area contributed by atoms with Crippen molar-refractivity contribution in [1.82, 2.24) is 10.2 Å². The molecule has 0 bridgehead atoms. The van der Waals surface area contributed by atoms with Gasteiger partial charge in [-0.2, -0.15) is 0 Å². The molecule has 1 fully saturated rings. The predicted octanol–water partition coefficient (Wildman–Crippen LogP) is 1.97. The highest BCUT2D eigenvalue weighted by atomic mass is 32.2. The molecule has 1 aliphatic carbocycles. The molecule has 0 spiro atoms. The van der Waals surface area contributed by atoms with Crippen LogP contribution in [0, 0.1) is 0 Å². The van der Waals surface area contributed by atoms with Crippen LogP contribution in [0.4, 0.5) is 5.13 Å². The van der Waals surface area contributed by atoms with E-state index in [1.165, 1.54) is 12.8 Å². The number of nitrogens with zero attached hydrogens (tertiary/aromatic N) is 3. The van der Waals surface area contributed by atoms with Gasteiger partial charge < -0.3 is 10.6 Å². The highest BCUT2D eigenvalue weighted by molar-refractivity contribution is 8.01. The molecule has 0 amide bonds. The molecule has 1 saturated carbocycles. The molecule has 0 saturated heterocycles. The third-order valence-corrected chi connectivity index (χ3v) is 5.28. The Hall–Kier alpha value is -0.330. The topological polar surface area (TPSA) is 55.0 Å². The third kappa shape index (κ3) is 3.09. The average Bonchev–Trinajstić information content (AvgIpc) is 2.70. The molecule has 0 aromatic carbocycles. The van der Waals surface area contributed by atoms with Crippen molar-refractivity contribution in [2.45, 2.75) is 41.3 Å². The lowest BCUT2D eigenvalue weighted by Crippen LogP contribution is -2.27. The van der Waals surface area contributed by atoms with Crippen LogP contribution in [0.2, 0.25) is 0 Å². The highest BCUT2D eigenvalue weighted by Gasteiger charge is 2.21. The van der Waals surface area contributed by atoms with E-state index in [9.17, 15) is 0 Å². The molecular weight excluding hydrogens is 240 g/mol. The predicted molar refractivity (Wildman–Crippen MR) is 70.3 cm³/mol. The maximum absolute atomic E-state index is 5.89. The molecule has 16 heavy (non-hydrogen) atoms. The first-order valence-electron chi connectivity index (χ1n) is 5.58. The summed E-state index contributed by atoms with van der Waals surface area (Å²) in [6, 6.07) is 0.420. The molecule has 2 rings (SSSR count).